The van der Waals surface area contributed by atoms with Gasteiger partial charge in [-0.2, -0.15) is 13.2 Å². The highest BCUT2D eigenvalue weighted by Gasteiger charge is 2.33. The van der Waals surface area contributed by atoms with Crippen molar-refractivity contribution in [2.24, 2.45) is 0 Å². The van der Waals surface area contributed by atoms with Gasteiger partial charge >= 0.3 is 6.18 Å². The molecule has 0 bridgehead atoms. The van der Waals surface area contributed by atoms with E-state index in [2.05, 4.69) is 10.3 Å². The molecule has 0 radical (unpaired) electrons. The fraction of sp³-hybridized carbons (Fsp3) is 0.400. The Kier molecular flexibility index (Phi) is 3.88. The van der Waals surface area contributed by atoms with Crippen molar-refractivity contribution < 1.29 is 13.2 Å². The van der Waals surface area contributed by atoms with Gasteiger partial charge in [-0.05, 0) is 43.5 Å². The van der Waals surface area contributed by atoms with Crippen LogP contribution in [0, 0.1) is 13.8 Å². The van der Waals surface area contributed by atoms with Crippen LogP contribution < -0.4 is 5.32 Å². The van der Waals surface area contributed by atoms with Crippen LogP contribution in [0.25, 0.3) is 10.9 Å². The molecule has 108 valence electrons. The molecule has 0 saturated carbocycles. The lowest BCUT2D eigenvalue weighted by atomic mass is 10.0. The molecule has 0 aliphatic heterocycles. The number of hydrogen-bond donors (Lipinski definition) is 1. The molecule has 0 saturated heterocycles. The first-order valence-electron chi connectivity index (χ1n) is 6.56. The van der Waals surface area contributed by atoms with Crippen molar-refractivity contribution in [3.8, 4) is 0 Å². The molecule has 2 aromatic rings. The third-order valence-electron chi connectivity index (χ3n) is 3.11. The molecule has 0 atom stereocenters. The highest BCUT2D eigenvalue weighted by atomic mass is 19.4. The number of nitrogens with one attached hydrogen (secondary N) is 1. The predicted molar refractivity (Wildman–Crippen MR) is 75.0 cm³/mol. The molecule has 0 aliphatic carbocycles. The van der Waals surface area contributed by atoms with Gasteiger partial charge in [-0.3, -0.25) is 0 Å². The number of halogens is 3. The Morgan fingerprint density at radius 1 is 1.15 bits per heavy atom. The lowest BCUT2D eigenvalue weighted by Crippen LogP contribution is -2.11. The Morgan fingerprint density at radius 2 is 1.85 bits per heavy atom. The van der Waals surface area contributed by atoms with E-state index in [9.17, 15) is 13.2 Å². The van der Waals surface area contributed by atoms with Gasteiger partial charge in [-0.15, -0.1) is 0 Å². The van der Waals surface area contributed by atoms with E-state index in [1.54, 1.807) is 6.07 Å². The topological polar surface area (TPSA) is 24.9 Å². The van der Waals surface area contributed by atoms with E-state index in [1.807, 2.05) is 26.8 Å². The molecule has 1 N–H and O–H groups in total. The number of aromatic nitrogens is 1. The summed E-state index contributed by atoms with van der Waals surface area (Å²) < 4.78 is 38.8. The molecule has 2 nitrogen and oxygen atoms in total. The molecule has 0 fully saturated rings. The SMILES string of the molecule is CCCNc1cc(C(F)(F)F)nc2cc(C)cc(C)c12. The number of hydrogen-bond acceptors (Lipinski definition) is 2. The van der Waals surface area contributed by atoms with Crippen molar-refractivity contribution in [2.75, 3.05) is 11.9 Å². The number of anilines is 1. The fourth-order valence-corrected chi connectivity index (χ4v) is 2.30. The van der Waals surface area contributed by atoms with Crippen LogP contribution in [0.2, 0.25) is 0 Å². The van der Waals surface area contributed by atoms with Crippen molar-refractivity contribution in [3.63, 3.8) is 0 Å². The minimum absolute atomic E-state index is 0.385. The van der Waals surface area contributed by atoms with Crippen molar-refractivity contribution in [2.45, 2.75) is 33.4 Å². The van der Waals surface area contributed by atoms with Crippen LogP contribution in [-0.2, 0) is 6.18 Å². The second kappa shape index (κ2) is 5.31. The van der Waals surface area contributed by atoms with Gasteiger partial charge < -0.3 is 5.32 Å². The molecule has 0 unspecified atom stereocenters. The third kappa shape index (κ3) is 2.86. The maximum atomic E-state index is 12.9. The van der Waals surface area contributed by atoms with E-state index in [0.29, 0.717) is 17.7 Å². The van der Waals surface area contributed by atoms with Crippen molar-refractivity contribution in [1.82, 2.24) is 4.98 Å². The van der Waals surface area contributed by atoms with Crippen LogP contribution in [0.15, 0.2) is 18.2 Å². The standard InChI is InChI=1S/C15H17F3N2/c1-4-5-19-11-8-13(15(16,17)18)20-12-7-9(2)6-10(3)14(11)12/h6-8H,4-5H2,1-3H3,(H,19,20). The van der Waals surface area contributed by atoms with E-state index in [4.69, 9.17) is 0 Å². The van der Waals surface area contributed by atoms with Crippen molar-refractivity contribution in [3.05, 3.63) is 35.0 Å². The second-order valence-electron chi connectivity index (χ2n) is 4.96. The second-order valence-corrected chi connectivity index (χ2v) is 4.96. The quantitative estimate of drug-likeness (QED) is 0.883. The zero-order valence-corrected chi connectivity index (χ0v) is 11.7. The molecule has 2 rings (SSSR count). The van der Waals surface area contributed by atoms with Crippen LogP contribution in [0.4, 0.5) is 18.9 Å². The lowest BCUT2D eigenvalue weighted by Gasteiger charge is -2.15. The first-order chi connectivity index (χ1) is 9.32. The van der Waals surface area contributed by atoms with Crippen LogP contribution in [0.1, 0.15) is 30.2 Å². The van der Waals surface area contributed by atoms with Gasteiger partial charge in [0.1, 0.15) is 5.69 Å². The number of alkyl halides is 3. The first-order valence-corrected chi connectivity index (χ1v) is 6.56. The van der Waals surface area contributed by atoms with E-state index in [-0.39, 0.29) is 0 Å². The smallest absolute Gasteiger partial charge is 0.384 e. The molecule has 1 aromatic carbocycles. The monoisotopic (exact) mass is 282 g/mol. The van der Waals surface area contributed by atoms with Crippen LogP contribution >= 0.6 is 0 Å². The molecule has 1 aromatic heterocycles. The van der Waals surface area contributed by atoms with E-state index >= 15 is 0 Å². The van der Waals surface area contributed by atoms with Crippen LogP contribution in [-0.4, -0.2) is 11.5 Å². The molecule has 20 heavy (non-hydrogen) atoms. The summed E-state index contributed by atoms with van der Waals surface area (Å²) in [7, 11) is 0. The molecule has 0 aliphatic rings. The normalized spacial score (nSPS) is 11.9. The lowest BCUT2D eigenvalue weighted by molar-refractivity contribution is -0.140. The molecule has 0 amide bonds. The Balaban J connectivity index is 2.71. The van der Waals surface area contributed by atoms with Gasteiger partial charge in [0.15, 0.2) is 0 Å². The summed E-state index contributed by atoms with van der Waals surface area (Å²) in [4.78, 5) is 3.77. The third-order valence-corrected chi connectivity index (χ3v) is 3.11. The Bertz CT molecular complexity index is 633. The highest BCUT2D eigenvalue weighted by Crippen LogP contribution is 2.34. The zero-order valence-electron chi connectivity index (χ0n) is 11.7. The molecular formula is C15H17F3N2. The average molecular weight is 282 g/mol. The summed E-state index contributed by atoms with van der Waals surface area (Å²) in [5.74, 6) is 0. The average Bonchev–Trinajstić information content (AvgIpc) is 2.33. The van der Waals surface area contributed by atoms with Gasteiger partial charge in [-0.1, -0.05) is 13.0 Å². The van der Waals surface area contributed by atoms with Crippen LogP contribution in [0.5, 0.6) is 0 Å². The molecule has 5 heteroatoms. The van der Waals surface area contributed by atoms with E-state index in [1.165, 1.54) is 0 Å². The maximum absolute atomic E-state index is 12.9. The number of aryl methyl sites for hydroxylation is 2. The minimum atomic E-state index is -4.44. The summed E-state index contributed by atoms with van der Waals surface area (Å²) in [5.41, 5.74) is 1.87. The Hall–Kier alpha value is -1.78. The van der Waals surface area contributed by atoms with E-state index in [0.717, 1.165) is 29.0 Å². The van der Waals surface area contributed by atoms with Gasteiger partial charge in [0.05, 0.1) is 5.52 Å². The number of nitrogens with zero attached hydrogens (tertiary/aromatic N) is 1. The number of rotatable bonds is 3. The Labute approximate surface area is 116 Å². The summed E-state index contributed by atoms with van der Waals surface area (Å²) in [6.45, 7) is 6.34. The summed E-state index contributed by atoms with van der Waals surface area (Å²) in [5, 5.41) is 3.83. The first kappa shape index (κ1) is 14.6. The van der Waals surface area contributed by atoms with E-state index < -0.39 is 11.9 Å². The van der Waals surface area contributed by atoms with Gasteiger partial charge in [0, 0.05) is 17.6 Å². The van der Waals surface area contributed by atoms with Crippen molar-refractivity contribution >= 4 is 16.6 Å². The predicted octanol–water partition coefficient (Wildman–Crippen LogP) is 4.69. The van der Waals surface area contributed by atoms with Crippen LogP contribution in [0.3, 0.4) is 0 Å². The summed E-state index contributed by atoms with van der Waals surface area (Å²) in [6.07, 6.45) is -3.59. The fourth-order valence-electron chi connectivity index (χ4n) is 2.30. The summed E-state index contributed by atoms with van der Waals surface area (Å²) >= 11 is 0. The number of benzene rings is 1. The van der Waals surface area contributed by atoms with Gasteiger partial charge in [0.2, 0.25) is 0 Å². The molecular weight excluding hydrogens is 265 g/mol. The van der Waals surface area contributed by atoms with Gasteiger partial charge in [0.25, 0.3) is 0 Å². The van der Waals surface area contributed by atoms with Gasteiger partial charge in [-0.25, -0.2) is 4.98 Å². The largest absolute Gasteiger partial charge is 0.433 e. The zero-order chi connectivity index (χ0) is 14.9. The number of pyridine rings is 1. The number of fused-ring (bicyclic) bond motifs is 1. The summed E-state index contributed by atoms with van der Waals surface area (Å²) in [6, 6.07) is 4.74. The molecule has 0 spiro atoms. The maximum Gasteiger partial charge on any atom is 0.433 e. The minimum Gasteiger partial charge on any atom is -0.384 e. The van der Waals surface area contributed by atoms with Crippen molar-refractivity contribution in [1.29, 1.82) is 0 Å². The highest BCUT2D eigenvalue weighted by molar-refractivity contribution is 5.94. The molecule has 1 heterocycles. The Morgan fingerprint density at radius 3 is 2.45 bits per heavy atom.